The number of fused-ring (bicyclic) bond motifs is 12. The Bertz CT molecular complexity index is 3800. The fourth-order valence-corrected chi connectivity index (χ4v) is 9.73. The quantitative estimate of drug-likeness (QED) is 0.180. The van der Waals surface area contributed by atoms with Gasteiger partial charge in [0, 0.05) is 54.3 Å². The van der Waals surface area contributed by atoms with E-state index in [2.05, 4.69) is 185 Å². The van der Waals surface area contributed by atoms with Crippen LogP contribution in [0.2, 0.25) is 0 Å². The van der Waals surface area contributed by atoms with Crippen LogP contribution in [0.4, 0.5) is 0 Å². The highest BCUT2D eigenvalue weighted by Crippen LogP contribution is 2.48. The molecular formula is C54H32N2O2. The maximum Gasteiger partial charge on any atom is 0.159 e. The van der Waals surface area contributed by atoms with E-state index in [4.69, 9.17) is 8.83 Å². The summed E-state index contributed by atoms with van der Waals surface area (Å²) in [6.07, 6.45) is 0. The van der Waals surface area contributed by atoms with Gasteiger partial charge in [-0.2, -0.15) is 0 Å². The average molecular weight is 741 g/mol. The standard InChI is InChI=1S/C54H32N2O2/c1-2-14-33(15-3-1)35-29-30-46-53(40-19-5-8-22-43(40)55(46)34-28-31-50-42(32-34)37-17-7-10-26-48(37)57-50)52(35)41-21-13-24-45-51(41)39-18-4-9-23-44(39)56(45)47-25-12-20-38-36-16-6-11-27-49(36)58-54(38)47/h1-32H. The molecule has 0 fully saturated rings. The number of rotatable bonds is 4. The van der Waals surface area contributed by atoms with Crippen LogP contribution in [-0.2, 0) is 0 Å². The number of nitrogens with zero attached hydrogens (tertiary/aromatic N) is 2. The molecule has 0 atom stereocenters. The molecule has 270 valence electrons. The molecule has 13 rings (SSSR count). The van der Waals surface area contributed by atoms with E-state index in [-0.39, 0.29) is 0 Å². The lowest BCUT2D eigenvalue weighted by Crippen LogP contribution is -1.95. The summed E-state index contributed by atoms with van der Waals surface area (Å²) in [5.41, 5.74) is 15.0. The lowest BCUT2D eigenvalue weighted by Gasteiger charge is -2.16. The minimum atomic E-state index is 0.884. The van der Waals surface area contributed by atoms with Crippen LogP contribution < -0.4 is 0 Å². The summed E-state index contributed by atoms with van der Waals surface area (Å²) in [5.74, 6) is 0. The van der Waals surface area contributed by atoms with Gasteiger partial charge in [-0.25, -0.2) is 0 Å². The Morgan fingerprint density at radius 3 is 1.72 bits per heavy atom. The summed E-state index contributed by atoms with van der Waals surface area (Å²) >= 11 is 0. The van der Waals surface area contributed by atoms with Gasteiger partial charge in [0.25, 0.3) is 0 Å². The van der Waals surface area contributed by atoms with Gasteiger partial charge in [-0.1, -0.05) is 133 Å². The Kier molecular flexibility index (Phi) is 6.41. The van der Waals surface area contributed by atoms with Crippen LogP contribution in [0.15, 0.2) is 203 Å². The normalized spacial score (nSPS) is 12.1. The zero-order valence-electron chi connectivity index (χ0n) is 31.2. The maximum absolute atomic E-state index is 6.66. The maximum atomic E-state index is 6.66. The summed E-state index contributed by atoms with van der Waals surface area (Å²) in [7, 11) is 0. The van der Waals surface area contributed by atoms with Crippen LogP contribution in [0.1, 0.15) is 0 Å². The molecular weight excluding hydrogens is 709 g/mol. The minimum Gasteiger partial charge on any atom is -0.456 e. The highest BCUT2D eigenvalue weighted by atomic mass is 16.3. The zero-order valence-corrected chi connectivity index (χ0v) is 31.2. The van der Waals surface area contributed by atoms with Gasteiger partial charge in [-0.3, -0.25) is 0 Å². The fraction of sp³-hybridized carbons (Fsp3) is 0. The first-order valence-electron chi connectivity index (χ1n) is 19.8. The molecule has 0 aliphatic rings. The molecule has 0 N–H and O–H groups in total. The highest BCUT2D eigenvalue weighted by Gasteiger charge is 2.25. The molecule has 0 unspecified atom stereocenters. The lowest BCUT2D eigenvalue weighted by atomic mass is 9.88. The average Bonchev–Trinajstić information content (AvgIpc) is 4.04. The van der Waals surface area contributed by atoms with Gasteiger partial charge in [-0.05, 0) is 77.4 Å². The molecule has 4 nitrogen and oxygen atoms in total. The van der Waals surface area contributed by atoms with E-state index in [0.717, 1.165) is 77.3 Å². The Morgan fingerprint density at radius 1 is 0.328 bits per heavy atom. The summed E-state index contributed by atoms with van der Waals surface area (Å²) in [6.45, 7) is 0. The molecule has 4 heteroatoms. The highest BCUT2D eigenvalue weighted by molar-refractivity contribution is 6.25. The second-order valence-corrected chi connectivity index (χ2v) is 15.2. The topological polar surface area (TPSA) is 36.1 Å². The zero-order chi connectivity index (χ0) is 37.9. The Labute approximate surface area is 332 Å². The molecule has 13 aromatic rings. The SMILES string of the molecule is c1ccc(-c2ccc3c(c2-c2cccc4c2c2ccccc2n4-c2cccc4c2oc2ccccc24)c2ccccc2n3-c2ccc3oc4ccccc4c3c2)cc1. The van der Waals surface area contributed by atoms with Crippen LogP contribution in [-0.4, -0.2) is 9.13 Å². The number of furan rings is 2. The van der Waals surface area contributed by atoms with Crippen molar-refractivity contribution in [1.29, 1.82) is 0 Å². The van der Waals surface area contributed by atoms with Gasteiger partial charge in [0.2, 0.25) is 0 Å². The lowest BCUT2D eigenvalue weighted by molar-refractivity contribution is 0.666. The molecule has 0 aliphatic heterocycles. The molecule has 4 aromatic heterocycles. The number of para-hydroxylation sites is 5. The van der Waals surface area contributed by atoms with Gasteiger partial charge in [0.1, 0.15) is 16.7 Å². The van der Waals surface area contributed by atoms with E-state index in [0.29, 0.717) is 0 Å². The largest absolute Gasteiger partial charge is 0.456 e. The van der Waals surface area contributed by atoms with Crippen LogP contribution in [0.3, 0.4) is 0 Å². The predicted molar refractivity (Wildman–Crippen MR) is 241 cm³/mol. The summed E-state index contributed by atoms with van der Waals surface area (Å²) in [4.78, 5) is 0. The van der Waals surface area contributed by atoms with E-state index in [1.165, 1.54) is 43.8 Å². The second-order valence-electron chi connectivity index (χ2n) is 15.2. The molecule has 0 saturated carbocycles. The molecule has 0 saturated heterocycles. The molecule has 0 bridgehead atoms. The van der Waals surface area contributed by atoms with Gasteiger partial charge in [0.15, 0.2) is 5.58 Å². The third-order valence-corrected chi connectivity index (χ3v) is 12.1. The van der Waals surface area contributed by atoms with E-state index in [9.17, 15) is 0 Å². The van der Waals surface area contributed by atoms with Crippen LogP contribution in [0.25, 0.3) is 121 Å². The van der Waals surface area contributed by atoms with Crippen LogP contribution >= 0.6 is 0 Å². The number of benzene rings is 9. The third-order valence-electron chi connectivity index (χ3n) is 12.1. The predicted octanol–water partition coefficient (Wildman–Crippen LogP) is 15.0. The first-order valence-corrected chi connectivity index (χ1v) is 19.8. The van der Waals surface area contributed by atoms with Gasteiger partial charge in [0.05, 0.1) is 27.8 Å². The van der Waals surface area contributed by atoms with Crippen molar-refractivity contribution in [2.75, 3.05) is 0 Å². The van der Waals surface area contributed by atoms with Crippen molar-refractivity contribution in [2.45, 2.75) is 0 Å². The van der Waals surface area contributed by atoms with Crippen molar-refractivity contribution in [3.63, 3.8) is 0 Å². The fourth-order valence-electron chi connectivity index (χ4n) is 9.73. The Hall–Kier alpha value is -7.82. The molecule has 58 heavy (non-hydrogen) atoms. The smallest absolute Gasteiger partial charge is 0.159 e. The van der Waals surface area contributed by atoms with E-state index in [1.54, 1.807) is 0 Å². The van der Waals surface area contributed by atoms with Crippen LogP contribution in [0, 0.1) is 0 Å². The molecule has 4 heterocycles. The third kappa shape index (κ3) is 4.29. The van der Waals surface area contributed by atoms with E-state index in [1.807, 2.05) is 18.2 Å². The monoisotopic (exact) mass is 740 g/mol. The first kappa shape index (κ1) is 31.4. The summed E-state index contributed by atoms with van der Waals surface area (Å²) in [6, 6.07) is 69.6. The van der Waals surface area contributed by atoms with Gasteiger partial charge < -0.3 is 18.0 Å². The van der Waals surface area contributed by atoms with Crippen molar-refractivity contribution in [1.82, 2.24) is 9.13 Å². The molecule has 0 radical (unpaired) electrons. The molecule has 0 spiro atoms. The van der Waals surface area contributed by atoms with Gasteiger partial charge in [-0.15, -0.1) is 0 Å². The van der Waals surface area contributed by atoms with Crippen molar-refractivity contribution >= 4 is 87.5 Å². The molecule has 9 aromatic carbocycles. The van der Waals surface area contributed by atoms with E-state index >= 15 is 0 Å². The second kappa shape index (κ2) is 11.8. The molecule has 0 amide bonds. The Balaban J connectivity index is 1.16. The number of hydrogen-bond donors (Lipinski definition) is 0. The first-order chi connectivity index (χ1) is 28.8. The van der Waals surface area contributed by atoms with Crippen LogP contribution in [0.5, 0.6) is 0 Å². The number of hydrogen-bond acceptors (Lipinski definition) is 2. The van der Waals surface area contributed by atoms with Crippen molar-refractivity contribution in [2.24, 2.45) is 0 Å². The van der Waals surface area contributed by atoms with Crippen molar-refractivity contribution < 1.29 is 8.83 Å². The summed E-state index contributed by atoms with van der Waals surface area (Å²) < 4.78 is 17.8. The molecule has 0 aliphatic carbocycles. The van der Waals surface area contributed by atoms with Crippen molar-refractivity contribution in [3.05, 3.63) is 194 Å². The number of aromatic nitrogens is 2. The Morgan fingerprint density at radius 2 is 0.914 bits per heavy atom. The summed E-state index contributed by atoms with van der Waals surface area (Å²) in [5, 5.41) is 9.29. The minimum absolute atomic E-state index is 0.884. The van der Waals surface area contributed by atoms with E-state index < -0.39 is 0 Å². The van der Waals surface area contributed by atoms with Gasteiger partial charge >= 0.3 is 0 Å². The van der Waals surface area contributed by atoms with Crippen molar-refractivity contribution in [3.8, 4) is 33.6 Å².